The van der Waals surface area contributed by atoms with Crippen LogP contribution in [0.3, 0.4) is 0 Å². The third-order valence-corrected chi connectivity index (χ3v) is 7.34. The van der Waals surface area contributed by atoms with Crippen LogP contribution >= 0.6 is 0 Å². The lowest BCUT2D eigenvalue weighted by Gasteiger charge is -2.30. The monoisotopic (exact) mass is 521 g/mol. The van der Waals surface area contributed by atoms with Gasteiger partial charge in [0, 0.05) is 12.5 Å². The number of carbonyl (C=O) groups is 1. The SMILES string of the molecule is CC(C)N(c1ccc(C(F)(F)F)cc1OCc1ccc(CCC(=O)O)cc1)S(=O)(=O)c1ccccc1. The van der Waals surface area contributed by atoms with Crippen LogP contribution in [-0.2, 0) is 34.0 Å². The zero-order chi connectivity index (χ0) is 26.5. The van der Waals surface area contributed by atoms with Crippen LogP contribution in [0.4, 0.5) is 18.9 Å². The van der Waals surface area contributed by atoms with Crippen molar-refractivity contribution in [3.05, 3.63) is 89.5 Å². The lowest BCUT2D eigenvalue weighted by Crippen LogP contribution is -2.37. The number of aliphatic carboxylic acids is 1. The van der Waals surface area contributed by atoms with Crippen LogP contribution in [0.5, 0.6) is 5.75 Å². The molecule has 6 nitrogen and oxygen atoms in total. The number of sulfonamides is 1. The van der Waals surface area contributed by atoms with Crippen LogP contribution in [0.15, 0.2) is 77.7 Å². The average Bonchev–Trinajstić information content (AvgIpc) is 2.82. The van der Waals surface area contributed by atoms with Gasteiger partial charge in [0.25, 0.3) is 10.0 Å². The minimum Gasteiger partial charge on any atom is -0.487 e. The Hall–Kier alpha value is -3.53. The predicted octanol–water partition coefficient (Wildman–Crippen LogP) is 5.91. The van der Waals surface area contributed by atoms with E-state index in [4.69, 9.17) is 9.84 Å². The molecule has 0 saturated carbocycles. The van der Waals surface area contributed by atoms with Crippen molar-refractivity contribution in [2.45, 2.75) is 50.4 Å². The van der Waals surface area contributed by atoms with Crippen LogP contribution in [0.1, 0.15) is 37.0 Å². The van der Waals surface area contributed by atoms with Crippen molar-refractivity contribution in [3.8, 4) is 5.75 Å². The van der Waals surface area contributed by atoms with Crippen molar-refractivity contribution in [1.82, 2.24) is 0 Å². The molecule has 0 amide bonds. The second-order valence-corrected chi connectivity index (χ2v) is 10.2. The number of ether oxygens (including phenoxy) is 1. The number of hydrogen-bond donors (Lipinski definition) is 1. The molecule has 0 radical (unpaired) electrons. The summed E-state index contributed by atoms with van der Waals surface area (Å²) < 4.78 is 74.1. The first-order valence-corrected chi connectivity index (χ1v) is 12.6. The molecular weight excluding hydrogens is 495 g/mol. The van der Waals surface area contributed by atoms with Crippen molar-refractivity contribution in [2.24, 2.45) is 0 Å². The lowest BCUT2D eigenvalue weighted by molar-refractivity contribution is -0.138. The van der Waals surface area contributed by atoms with Gasteiger partial charge in [0.1, 0.15) is 12.4 Å². The Morgan fingerprint density at radius 3 is 2.14 bits per heavy atom. The number of aryl methyl sites for hydroxylation is 1. The molecule has 0 heterocycles. The standard InChI is InChI=1S/C26H26F3NO5S/c1-18(2)30(36(33,34)22-6-4-3-5-7-22)23-14-13-21(26(27,28)29)16-24(23)35-17-20-10-8-19(9-11-20)12-15-25(31)32/h3-11,13-14,16,18H,12,15,17H2,1-2H3,(H,31,32). The molecule has 0 fully saturated rings. The minimum absolute atomic E-state index is 0.00139. The number of anilines is 1. The number of carboxylic acid groups (broad SMARTS) is 1. The zero-order valence-electron chi connectivity index (χ0n) is 19.7. The zero-order valence-corrected chi connectivity index (χ0v) is 20.5. The summed E-state index contributed by atoms with van der Waals surface area (Å²) in [4.78, 5) is 10.7. The van der Waals surface area contributed by atoms with Gasteiger partial charge < -0.3 is 9.84 Å². The molecule has 0 aliphatic rings. The van der Waals surface area contributed by atoms with Crippen molar-refractivity contribution < 1.29 is 36.2 Å². The number of benzene rings is 3. The molecule has 3 rings (SSSR count). The van der Waals surface area contributed by atoms with Gasteiger partial charge in [0.05, 0.1) is 16.1 Å². The topological polar surface area (TPSA) is 83.9 Å². The quantitative estimate of drug-likeness (QED) is 0.359. The summed E-state index contributed by atoms with van der Waals surface area (Å²) in [5.41, 5.74) is 0.436. The molecule has 0 atom stereocenters. The van der Waals surface area contributed by atoms with E-state index in [2.05, 4.69) is 0 Å². The van der Waals surface area contributed by atoms with Gasteiger partial charge in [-0.15, -0.1) is 0 Å². The number of rotatable bonds is 10. The Labute approximate surface area is 208 Å². The Bertz CT molecular complexity index is 1290. The molecule has 10 heteroatoms. The molecule has 3 aromatic rings. The van der Waals surface area contributed by atoms with Crippen molar-refractivity contribution in [2.75, 3.05) is 4.31 Å². The summed E-state index contributed by atoms with van der Waals surface area (Å²) in [7, 11) is -4.10. The van der Waals surface area contributed by atoms with Gasteiger partial charge in [-0.05, 0) is 61.7 Å². The van der Waals surface area contributed by atoms with Crippen LogP contribution < -0.4 is 9.04 Å². The van der Waals surface area contributed by atoms with E-state index in [1.54, 1.807) is 56.3 Å². The van der Waals surface area contributed by atoms with Gasteiger partial charge in [-0.25, -0.2) is 8.42 Å². The Morgan fingerprint density at radius 1 is 0.972 bits per heavy atom. The summed E-state index contributed by atoms with van der Waals surface area (Å²) in [5, 5.41) is 8.81. The fraction of sp³-hybridized carbons (Fsp3) is 0.269. The third-order valence-electron chi connectivity index (χ3n) is 5.34. The van der Waals surface area contributed by atoms with E-state index in [9.17, 15) is 26.4 Å². The number of carboxylic acids is 1. The largest absolute Gasteiger partial charge is 0.487 e. The maximum Gasteiger partial charge on any atom is 0.416 e. The highest BCUT2D eigenvalue weighted by Gasteiger charge is 2.34. The number of alkyl halides is 3. The van der Waals surface area contributed by atoms with E-state index >= 15 is 0 Å². The minimum atomic E-state index is -4.65. The fourth-order valence-corrected chi connectivity index (χ4v) is 5.29. The van der Waals surface area contributed by atoms with Gasteiger partial charge in [-0.1, -0.05) is 42.5 Å². The Morgan fingerprint density at radius 2 is 1.58 bits per heavy atom. The summed E-state index contributed by atoms with van der Waals surface area (Å²) >= 11 is 0. The summed E-state index contributed by atoms with van der Waals surface area (Å²) in [6.45, 7) is 3.13. The Balaban J connectivity index is 1.97. The van der Waals surface area contributed by atoms with E-state index in [1.807, 2.05) is 0 Å². The first-order chi connectivity index (χ1) is 16.9. The molecule has 0 spiro atoms. The molecule has 0 saturated heterocycles. The van der Waals surface area contributed by atoms with E-state index in [0.717, 1.165) is 28.1 Å². The number of nitrogens with zero attached hydrogens (tertiary/aromatic N) is 1. The predicted molar refractivity (Wildman–Crippen MR) is 129 cm³/mol. The molecule has 192 valence electrons. The van der Waals surface area contributed by atoms with E-state index in [1.165, 1.54) is 12.1 Å². The number of halogens is 3. The lowest BCUT2D eigenvalue weighted by atomic mass is 10.1. The molecule has 0 aromatic heterocycles. The van der Waals surface area contributed by atoms with E-state index in [0.29, 0.717) is 12.0 Å². The molecule has 1 N–H and O–H groups in total. The highest BCUT2D eigenvalue weighted by molar-refractivity contribution is 7.92. The highest BCUT2D eigenvalue weighted by Crippen LogP contribution is 2.39. The van der Waals surface area contributed by atoms with Crippen LogP contribution in [0, 0.1) is 0 Å². The maximum absolute atomic E-state index is 13.5. The normalized spacial score (nSPS) is 11.9. The molecule has 0 aliphatic carbocycles. The first-order valence-electron chi connectivity index (χ1n) is 11.1. The van der Waals surface area contributed by atoms with Crippen LogP contribution in [0.25, 0.3) is 0 Å². The average molecular weight is 522 g/mol. The van der Waals surface area contributed by atoms with Gasteiger partial charge >= 0.3 is 12.1 Å². The molecule has 0 bridgehead atoms. The van der Waals surface area contributed by atoms with Crippen molar-refractivity contribution in [3.63, 3.8) is 0 Å². The second kappa shape index (κ2) is 11.0. The van der Waals surface area contributed by atoms with Crippen molar-refractivity contribution >= 4 is 21.7 Å². The Kier molecular flexibility index (Phi) is 8.29. The van der Waals surface area contributed by atoms with Crippen molar-refractivity contribution in [1.29, 1.82) is 0 Å². The fourth-order valence-electron chi connectivity index (χ4n) is 3.59. The molecule has 0 aliphatic heterocycles. The highest BCUT2D eigenvalue weighted by atomic mass is 32.2. The van der Waals surface area contributed by atoms with Gasteiger partial charge in [0.2, 0.25) is 0 Å². The first kappa shape index (κ1) is 27.1. The molecule has 3 aromatic carbocycles. The molecular formula is C26H26F3NO5S. The molecule has 0 unspecified atom stereocenters. The number of hydrogen-bond acceptors (Lipinski definition) is 4. The third kappa shape index (κ3) is 6.57. The van der Waals surface area contributed by atoms with E-state index < -0.39 is 33.8 Å². The maximum atomic E-state index is 13.5. The van der Waals surface area contributed by atoms with Crippen LogP contribution in [-0.4, -0.2) is 25.5 Å². The van der Waals surface area contributed by atoms with Gasteiger partial charge in [-0.3, -0.25) is 9.10 Å². The summed E-state index contributed by atoms with van der Waals surface area (Å²) in [6.07, 6.45) is -4.33. The molecule has 36 heavy (non-hydrogen) atoms. The van der Waals surface area contributed by atoms with E-state index in [-0.39, 0.29) is 29.4 Å². The summed E-state index contributed by atoms with van der Waals surface area (Å²) in [5.74, 6) is -1.15. The smallest absolute Gasteiger partial charge is 0.416 e. The van der Waals surface area contributed by atoms with Crippen LogP contribution in [0.2, 0.25) is 0 Å². The van der Waals surface area contributed by atoms with Gasteiger partial charge in [0.15, 0.2) is 0 Å². The van der Waals surface area contributed by atoms with Gasteiger partial charge in [-0.2, -0.15) is 13.2 Å². The second-order valence-electron chi connectivity index (χ2n) is 8.39. The summed E-state index contributed by atoms with van der Waals surface area (Å²) in [6, 6.07) is 16.5.